The minimum absolute atomic E-state index is 0.207. The zero-order valence-electron chi connectivity index (χ0n) is 15.6. The molecule has 3 aromatic rings. The van der Waals surface area contributed by atoms with Gasteiger partial charge in [-0.1, -0.05) is 42.5 Å². The van der Waals surface area contributed by atoms with E-state index in [1.54, 1.807) is 55.6 Å². The van der Waals surface area contributed by atoms with Crippen molar-refractivity contribution < 1.29 is 9.90 Å². The summed E-state index contributed by atoms with van der Waals surface area (Å²) in [5, 5.41) is 13.7. The van der Waals surface area contributed by atoms with Gasteiger partial charge in [-0.15, -0.1) is 0 Å². The fraction of sp³-hybridized carbons (Fsp3) is 0.190. The molecule has 2 atom stereocenters. The summed E-state index contributed by atoms with van der Waals surface area (Å²) >= 11 is 0. The van der Waals surface area contributed by atoms with Gasteiger partial charge in [0.1, 0.15) is 6.10 Å². The molecule has 1 amide bonds. The van der Waals surface area contributed by atoms with E-state index in [0.29, 0.717) is 16.8 Å². The van der Waals surface area contributed by atoms with Crippen molar-refractivity contribution in [3.63, 3.8) is 0 Å². The van der Waals surface area contributed by atoms with Gasteiger partial charge in [0, 0.05) is 31.9 Å². The SMILES string of the molecule is CC(=O)Nc1ccc(C(C(O)c2ccccc2)n2c(=O)ccn(C)c2=O)cc1. The number of hydrogen-bond donors (Lipinski definition) is 2. The normalized spacial score (nSPS) is 13.0. The Hall–Kier alpha value is -3.45. The smallest absolute Gasteiger partial charge is 0.331 e. The summed E-state index contributed by atoms with van der Waals surface area (Å²) in [7, 11) is 1.55. The molecule has 0 saturated carbocycles. The molecular formula is C21H21N3O4. The summed E-state index contributed by atoms with van der Waals surface area (Å²) in [6.45, 7) is 1.41. The lowest BCUT2D eigenvalue weighted by atomic mass is 9.95. The van der Waals surface area contributed by atoms with Crippen LogP contribution in [-0.4, -0.2) is 20.1 Å². The molecule has 0 bridgehead atoms. The van der Waals surface area contributed by atoms with Gasteiger partial charge in [0.2, 0.25) is 5.91 Å². The number of aryl methyl sites for hydroxylation is 1. The third kappa shape index (κ3) is 3.94. The number of nitrogens with zero attached hydrogens (tertiary/aromatic N) is 2. The minimum atomic E-state index is -1.12. The third-order valence-corrected chi connectivity index (χ3v) is 4.48. The van der Waals surface area contributed by atoms with E-state index in [2.05, 4.69) is 5.32 Å². The highest BCUT2D eigenvalue weighted by Gasteiger charge is 2.27. The second-order valence-corrected chi connectivity index (χ2v) is 6.52. The van der Waals surface area contributed by atoms with Crippen LogP contribution in [0.1, 0.15) is 30.2 Å². The maximum absolute atomic E-state index is 12.7. The number of carbonyl (C=O) groups excluding carboxylic acids is 1. The zero-order valence-corrected chi connectivity index (χ0v) is 15.6. The molecule has 2 unspecified atom stereocenters. The van der Waals surface area contributed by atoms with E-state index in [1.807, 2.05) is 6.07 Å². The second kappa shape index (κ2) is 8.06. The molecule has 144 valence electrons. The van der Waals surface area contributed by atoms with Gasteiger partial charge in [0.05, 0.1) is 6.04 Å². The fourth-order valence-electron chi connectivity index (χ4n) is 3.11. The quantitative estimate of drug-likeness (QED) is 0.707. The number of aliphatic hydroxyl groups is 1. The molecule has 7 heteroatoms. The predicted octanol–water partition coefficient (Wildman–Crippen LogP) is 1.83. The minimum Gasteiger partial charge on any atom is -0.386 e. The van der Waals surface area contributed by atoms with Crippen molar-refractivity contribution in [1.29, 1.82) is 0 Å². The van der Waals surface area contributed by atoms with Gasteiger partial charge < -0.3 is 15.0 Å². The first-order valence-electron chi connectivity index (χ1n) is 8.77. The maximum Gasteiger partial charge on any atom is 0.331 e. The number of rotatable bonds is 5. The van der Waals surface area contributed by atoms with Crippen LogP contribution in [0.5, 0.6) is 0 Å². The molecule has 0 spiro atoms. The first kappa shape index (κ1) is 19.3. The lowest BCUT2D eigenvalue weighted by Crippen LogP contribution is -2.42. The summed E-state index contributed by atoms with van der Waals surface area (Å²) in [5.41, 5.74) is 0.692. The number of hydrogen-bond acceptors (Lipinski definition) is 4. The first-order valence-corrected chi connectivity index (χ1v) is 8.77. The van der Waals surface area contributed by atoms with Crippen LogP contribution in [0, 0.1) is 0 Å². The Morgan fingerprint density at radius 3 is 2.21 bits per heavy atom. The van der Waals surface area contributed by atoms with Gasteiger partial charge in [0.25, 0.3) is 5.56 Å². The van der Waals surface area contributed by atoms with Gasteiger partial charge in [-0.2, -0.15) is 0 Å². The van der Waals surface area contributed by atoms with Crippen molar-refractivity contribution in [2.75, 3.05) is 5.32 Å². The van der Waals surface area contributed by atoms with E-state index in [0.717, 1.165) is 4.57 Å². The Morgan fingerprint density at radius 2 is 1.61 bits per heavy atom. The molecule has 0 aliphatic heterocycles. The van der Waals surface area contributed by atoms with Crippen molar-refractivity contribution >= 4 is 11.6 Å². The molecule has 0 aliphatic carbocycles. The highest BCUT2D eigenvalue weighted by atomic mass is 16.3. The Bertz CT molecular complexity index is 1090. The number of nitrogens with one attached hydrogen (secondary N) is 1. The van der Waals surface area contributed by atoms with E-state index >= 15 is 0 Å². The Kier molecular flexibility index (Phi) is 5.56. The van der Waals surface area contributed by atoms with Gasteiger partial charge >= 0.3 is 5.69 Å². The van der Waals surface area contributed by atoms with Crippen molar-refractivity contribution in [2.45, 2.75) is 19.1 Å². The Balaban J connectivity index is 2.16. The van der Waals surface area contributed by atoms with Gasteiger partial charge in [-0.3, -0.25) is 9.59 Å². The van der Waals surface area contributed by atoms with Crippen LogP contribution in [-0.2, 0) is 11.8 Å². The summed E-state index contributed by atoms with van der Waals surface area (Å²) in [5.74, 6) is -0.207. The standard InChI is InChI=1S/C21H21N3O4/c1-14(25)22-17-10-8-15(9-11-17)19(20(27)16-6-4-3-5-7-16)24-18(26)12-13-23(2)21(24)28/h3-13,19-20,27H,1-2H3,(H,22,25). The summed E-state index contributed by atoms with van der Waals surface area (Å²) in [4.78, 5) is 36.5. The van der Waals surface area contributed by atoms with Crippen molar-refractivity contribution in [1.82, 2.24) is 9.13 Å². The first-order chi connectivity index (χ1) is 13.4. The number of benzene rings is 2. The Morgan fingerprint density at radius 1 is 0.964 bits per heavy atom. The van der Waals surface area contributed by atoms with E-state index in [-0.39, 0.29) is 5.91 Å². The maximum atomic E-state index is 12.7. The highest BCUT2D eigenvalue weighted by molar-refractivity contribution is 5.88. The molecule has 1 heterocycles. The molecule has 2 aromatic carbocycles. The molecule has 0 saturated heterocycles. The second-order valence-electron chi connectivity index (χ2n) is 6.52. The van der Waals surface area contributed by atoms with E-state index in [4.69, 9.17) is 0 Å². The van der Waals surface area contributed by atoms with Crippen LogP contribution < -0.4 is 16.6 Å². The number of aliphatic hydroxyl groups excluding tert-OH is 1. The lowest BCUT2D eigenvalue weighted by Gasteiger charge is -2.26. The van der Waals surface area contributed by atoms with Gasteiger partial charge in [-0.05, 0) is 23.3 Å². The highest BCUT2D eigenvalue weighted by Crippen LogP contribution is 2.31. The number of amides is 1. The molecule has 0 aliphatic rings. The summed E-state index contributed by atoms with van der Waals surface area (Å²) in [6.07, 6.45) is 0.271. The number of aromatic nitrogens is 2. The van der Waals surface area contributed by atoms with E-state index in [1.165, 1.54) is 23.8 Å². The van der Waals surface area contributed by atoms with Crippen LogP contribution in [0.15, 0.2) is 76.4 Å². The van der Waals surface area contributed by atoms with Crippen LogP contribution >= 0.6 is 0 Å². The molecule has 0 fully saturated rings. The largest absolute Gasteiger partial charge is 0.386 e. The van der Waals surface area contributed by atoms with Crippen molar-refractivity contribution in [3.8, 4) is 0 Å². The molecule has 28 heavy (non-hydrogen) atoms. The van der Waals surface area contributed by atoms with Crippen LogP contribution in [0.25, 0.3) is 0 Å². The fourth-order valence-corrected chi connectivity index (χ4v) is 3.11. The van der Waals surface area contributed by atoms with Crippen LogP contribution in [0.2, 0.25) is 0 Å². The van der Waals surface area contributed by atoms with E-state index in [9.17, 15) is 19.5 Å². The van der Waals surface area contributed by atoms with E-state index < -0.39 is 23.4 Å². The predicted molar refractivity (Wildman–Crippen MR) is 106 cm³/mol. The lowest BCUT2D eigenvalue weighted by molar-refractivity contribution is -0.114. The molecule has 7 nitrogen and oxygen atoms in total. The summed E-state index contributed by atoms with van der Waals surface area (Å²) < 4.78 is 2.34. The molecule has 3 rings (SSSR count). The average molecular weight is 379 g/mol. The molecule has 2 N–H and O–H groups in total. The van der Waals surface area contributed by atoms with Crippen molar-refractivity contribution in [2.24, 2.45) is 7.05 Å². The molecular weight excluding hydrogens is 358 g/mol. The van der Waals surface area contributed by atoms with Crippen molar-refractivity contribution in [3.05, 3.63) is 98.8 Å². The average Bonchev–Trinajstić information content (AvgIpc) is 2.69. The van der Waals surface area contributed by atoms with Crippen LogP contribution in [0.4, 0.5) is 5.69 Å². The van der Waals surface area contributed by atoms with Gasteiger partial charge in [-0.25, -0.2) is 9.36 Å². The third-order valence-electron chi connectivity index (χ3n) is 4.48. The number of anilines is 1. The Labute approximate surface area is 161 Å². The zero-order chi connectivity index (χ0) is 20.3. The number of carbonyl (C=O) groups is 1. The van der Waals surface area contributed by atoms with Crippen LogP contribution in [0.3, 0.4) is 0 Å². The summed E-state index contributed by atoms with van der Waals surface area (Å²) in [6, 6.07) is 15.9. The molecule has 0 radical (unpaired) electrons. The molecule has 1 aromatic heterocycles. The topological polar surface area (TPSA) is 93.3 Å². The van der Waals surface area contributed by atoms with Gasteiger partial charge in [0.15, 0.2) is 0 Å². The monoisotopic (exact) mass is 379 g/mol.